The van der Waals surface area contributed by atoms with Crippen LogP contribution in [-0.4, -0.2) is 26.6 Å². The summed E-state index contributed by atoms with van der Waals surface area (Å²) >= 11 is 0. The average molecular weight is 485 g/mol. The molecule has 34 heavy (non-hydrogen) atoms. The van der Waals surface area contributed by atoms with Crippen molar-refractivity contribution in [2.45, 2.75) is 63.3 Å². The predicted octanol–water partition coefficient (Wildman–Crippen LogP) is 5.48. The Kier molecular flexibility index (Phi) is 5.95. The van der Waals surface area contributed by atoms with E-state index in [1.165, 1.54) is 68.4 Å². The summed E-state index contributed by atoms with van der Waals surface area (Å²) in [4.78, 5) is 13.2. The first-order valence-corrected chi connectivity index (χ1v) is 14.2. The zero-order chi connectivity index (χ0) is 24.1. The molecule has 2 aromatic rings. The maximum atomic E-state index is 13.4. The van der Waals surface area contributed by atoms with E-state index < -0.39 is 27.8 Å². The highest BCUT2D eigenvalue weighted by Gasteiger charge is 2.51. The zero-order valence-corrected chi connectivity index (χ0v) is 20.7. The molecule has 7 heteroatoms. The van der Waals surface area contributed by atoms with Crippen molar-refractivity contribution in [3.8, 4) is 0 Å². The van der Waals surface area contributed by atoms with Crippen molar-refractivity contribution in [2.75, 3.05) is 15.9 Å². The summed E-state index contributed by atoms with van der Waals surface area (Å²) in [5.41, 5.74) is 2.59. The molecule has 1 unspecified atom stereocenters. The molecule has 6 rings (SSSR count). The van der Waals surface area contributed by atoms with E-state index in [4.69, 9.17) is 0 Å². The van der Waals surface area contributed by atoms with E-state index in [-0.39, 0.29) is 12.1 Å². The Hall–Kier alpha value is -2.41. The number of benzene rings is 2. The fraction of sp³-hybridized carbons (Fsp3) is 0.519. The quantitative estimate of drug-likeness (QED) is 0.566. The molecular weight excluding hydrogens is 451 g/mol. The van der Waals surface area contributed by atoms with Gasteiger partial charge in [-0.3, -0.25) is 9.10 Å². The molecule has 4 aliphatic rings. The number of carbonyl (C=O) groups is 1. The number of amides is 1. The monoisotopic (exact) mass is 484 g/mol. The third kappa shape index (κ3) is 4.35. The molecule has 4 bridgehead atoms. The van der Waals surface area contributed by atoms with Crippen molar-refractivity contribution >= 4 is 27.3 Å². The summed E-state index contributed by atoms with van der Waals surface area (Å²) in [6, 6.07) is 12.4. The fourth-order valence-electron chi connectivity index (χ4n) is 7.25. The number of halogens is 1. The van der Waals surface area contributed by atoms with Crippen LogP contribution in [0.5, 0.6) is 0 Å². The van der Waals surface area contributed by atoms with Crippen molar-refractivity contribution in [1.29, 1.82) is 0 Å². The van der Waals surface area contributed by atoms with Gasteiger partial charge in [0, 0.05) is 5.69 Å². The van der Waals surface area contributed by atoms with Crippen LogP contribution in [0.1, 0.15) is 57.4 Å². The zero-order valence-electron chi connectivity index (χ0n) is 19.8. The second-order valence-corrected chi connectivity index (χ2v) is 12.6. The van der Waals surface area contributed by atoms with Crippen LogP contribution in [0.25, 0.3) is 0 Å². The second kappa shape index (κ2) is 8.67. The van der Waals surface area contributed by atoms with Gasteiger partial charge in [-0.05, 0) is 110 Å². The molecule has 0 heterocycles. The fourth-order valence-corrected chi connectivity index (χ4v) is 8.46. The van der Waals surface area contributed by atoms with Gasteiger partial charge in [0.2, 0.25) is 15.9 Å². The minimum Gasteiger partial charge on any atom is -0.324 e. The Morgan fingerprint density at radius 3 is 2.00 bits per heavy atom. The summed E-state index contributed by atoms with van der Waals surface area (Å²) < 4.78 is 39.6. The van der Waals surface area contributed by atoms with E-state index >= 15 is 0 Å². The van der Waals surface area contributed by atoms with Crippen LogP contribution in [0.15, 0.2) is 48.5 Å². The number of anilines is 2. The molecule has 182 valence electrons. The number of sulfonamides is 1. The van der Waals surface area contributed by atoms with E-state index in [2.05, 4.69) is 17.4 Å². The summed E-state index contributed by atoms with van der Waals surface area (Å²) in [6.07, 6.45) is 9.38. The molecule has 0 saturated heterocycles. The SMILES string of the molecule is CCC(C(=O)Nc1ccc(C23CC4CC(CC(C4)C2)C3)cc1)N(c1ccc(F)cc1)S(C)(=O)=O. The summed E-state index contributed by atoms with van der Waals surface area (Å²) in [6.45, 7) is 1.77. The highest BCUT2D eigenvalue weighted by atomic mass is 32.2. The van der Waals surface area contributed by atoms with E-state index in [1.54, 1.807) is 6.92 Å². The molecule has 1 N–H and O–H groups in total. The average Bonchev–Trinajstić information content (AvgIpc) is 2.77. The number of nitrogens with zero attached hydrogens (tertiary/aromatic N) is 1. The summed E-state index contributed by atoms with van der Waals surface area (Å²) in [5.74, 6) is 1.73. The van der Waals surface area contributed by atoms with E-state index in [1.807, 2.05) is 12.1 Å². The Bertz CT molecular complexity index is 1130. The summed E-state index contributed by atoms with van der Waals surface area (Å²) in [7, 11) is -3.76. The van der Waals surface area contributed by atoms with Gasteiger partial charge < -0.3 is 5.32 Å². The molecule has 1 amide bonds. The molecule has 2 aromatic carbocycles. The lowest BCUT2D eigenvalue weighted by molar-refractivity contribution is -0.117. The number of rotatable bonds is 7. The molecule has 4 aliphatic carbocycles. The van der Waals surface area contributed by atoms with Crippen LogP contribution < -0.4 is 9.62 Å². The number of carbonyl (C=O) groups excluding carboxylic acids is 1. The van der Waals surface area contributed by atoms with Crippen molar-refractivity contribution < 1.29 is 17.6 Å². The standard InChI is InChI=1S/C27H33FN2O3S/c1-3-25(30(34(2,32)33)24-10-6-22(28)7-11-24)26(31)29-23-8-4-21(5-9-23)27-15-18-12-19(16-27)14-20(13-18)17-27/h4-11,18-20,25H,3,12-17H2,1-2H3,(H,29,31). The van der Waals surface area contributed by atoms with Crippen LogP contribution in [0.2, 0.25) is 0 Å². The third-order valence-corrected chi connectivity index (χ3v) is 9.39. The van der Waals surface area contributed by atoms with Crippen molar-refractivity contribution in [1.82, 2.24) is 0 Å². The van der Waals surface area contributed by atoms with E-state index in [9.17, 15) is 17.6 Å². The van der Waals surface area contributed by atoms with E-state index in [0.29, 0.717) is 11.1 Å². The van der Waals surface area contributed by atoms with E-state index in [0.717, 1.165) is 28.3 Å². The topological polar surface area (TPSA) is 66.5 Å². The Labute approximate surface area is 201 Å². The second-order valence-electron chi connectivity index (χ2n) is 10.7. The smallest absolute Gasteiger partial charge is 0.248 e. The maximum absolute atomic E-state index is 13.4. The number of hydrogen-bond acceptors (Lipinski definition) is 3. The first kappa shape index (κ1) is 23.3. The largest absolute Gasteiger partial charge is 0.324 e. The van der Waals surface area contributed by atoms with Crippen molar-refractivity contribution in [3.05, 3.63) is 59.9 Å². The minimum atomic E-state index is -3.76. The molecule has 5 nitrogen and oxygen atoms in total. The predicted molar refractivity (Wildman–Crippen MR) is 133 cm³/mol. The lowest BCUT2D eigenvalue weighted by Crippen LogP contribution is -2.48. The molecule has 0 radical (unpaired) electrons. The van der Waals surface area contributed by atoms with Gasteiger partial charge >= 0.3 is 0 Å². The molecule has 4 saturated carbocycles. The highest BCUT2D eigenvalue weighted by Crippen LogP contribution is 2.60. The molecular formula is C27H33FN2O3S. The minimum absolute atomic E-state index is 0.267. The molecule has 0 aliphatic heterocycles. The van der Waals surface area contributed by atoms with Crippen LogP contribution in [0.4, 0.5) is 15.8 Å². The number of nitrogens with one attached hydrogen (secondary N) is 1. The van der Waals surface area contributed by atoms with Crippen LogP contribution in [0, 0.1) is 23.6 Å². The molecule has 0 spiro atoms. The van der Waals surface area contributed by atoms with Gasteiger partial charge in [-0.25, -0.2) is 12.8 Å². The Balaban J connectivity index is 1.34. The molecule has 1 atom stereocenters. The van der Waals surface area contributed by atoms with Gasteiger partial charge in [0.05, 0.1) is 11.9 Å². The molecule has 4 fully saturated rings. The highest BCUT2D eigenvalue weighted by molar-refractivity contribution is 7.92. The summed E-state index contributed by atoms with van der Waals surface area (Å²) in [5, 5.41) is 2.91. The maximum Gasteiger partial charge on any atom is 0.248 e. The first-order valence-electron chi connectivity index (χ1n) is 12.3. The van der Waals surface area contributed by atoms with Crippen molar-refractivity contribution in [2.24, 2.45) is 17.8 Å². The van der Waals surface area contributed by atoms with Gasteiger partial charge in [-0.1, -0.05) is 19.1 Å². The van der Waals surface area contributed by atoms with Gasteiger partial charge in [0.25, 0.3) is 0 Å². The third-order valence-electron chi connectivity index (χ3n) is 8.21. The van der Waals surface area contributed by atoms with Crippen LogP contribution in [0.3, 0.4) is 0 Å². The van der Waals surface area contributed by atoms with Gasteiger partial charge in [-0.15, -0.1) is 0 Å². The van der Waals surface area contributed by atoms with Gasteiger partial charge in [0.1, 0.15) is 11.9 Å². The van der Waals surface area contributed by atoms with Crippen LogP contribution in [-0.2, 0) is 20.2 Å². The van der Waals surface area contributed by atoms with Crippen molar-refractivity contribution in [3.63, 3.8) is 0 Å². The Morgan fingerprint density at radius 2 is 1.53 bits per heavy atom. The van der Waals surface area contributed by atoms with Crippen LogP contribution >= 0.6 is 0 Å². The lowest BCUT2D eigenvalue weighted by atomic mass is 9.48. The van der Waals surface area contributed by atoms with Gasteiger partial charge in [-0.2, -0.15) is 0 Å². The van der Waals surface area contributed by atoms with Gasteiger partial charge in [0.15, 0.2) is 0 Å². The first-order chi connectivity index (χ1) is 16.2. The Morgan fingerprint density at radius 1 is 1.00 bits per heavy atom. The lowest BCUT2D eigenvalue weighted by Gasteiger charge is -2.57. The molecule has 0 aromatic heterocycles. The normalized spacial score (nSPS) is 28.5. The number of hydrogen-bond donors (Lipinski definition) is 1.